The topological polar surface area (TPSA) is 69.6 Å². The van der Waals surface area contributed by atoms with Gasteiger partial charge in [-0.05, 0) is 24.9 Å². The molecule has 1 aliphatic rings. The molecule has 1 saturated heterocycles. The fourth-order valence-electron chi connectivity index (χ4n) is 2.86. The van der Waals surface area contributed by atoms with Crippen molar-refractivity contribution in [2.24, 2.45) is 5.92 Å². The van der Waals surface area contributed by atoms with Gasteiger partial charge in [0.1, 0.15) is 0 Å². The Morgan fingerprint density at radius 2 is 1.96 bits per heavy atom. The maximum absolute atomic E-state index is 12.5. The van der Waals surface area contributed by atoms with Crippen molar-refractivity contribution in [3.8, 4) is 0 Å². The SMILES string of the molecule is O=C(N[C@H](C(=O)O)c1ccccc1)C1CCCN(CC(F)(F)F)C1. The van der Waals surface area contributed by atoms with Gasteiger partial charge in [-0.3, -0.25) is 9.69 Å². The van der Waals surface area contributed by atoms with E-state index < -0.39 is 36.6 Å². The number of alkyl halides is 3. The Morgan fingerprint density at radius 1 is 1.29 bits per heavy atom. The first-order valence-corrected chi connectivity index (χ1v) is 7.63. The predicted octanol–water partition coefficient (Wildman–Crippen LogP) is 2.20. The van der Waals surface area contributed by atoms with Crippen molar-refractivity contribution in [3.63, 3.8) is 0 Å². The summed E-state index contributed by atoms with van der Waals surface area (Å²) in [7, 11) is 0. The number of likely N-dealkylation sites (tertiary alicyclic amines) is 1. The lowest BCUT2D eigenvalue weighted by Crippen LogP contribution is -2.47. The maximum atomic E-state index is 12.5. The maximum Gasteiger partial charge on any atom is 0.401 e. The second-order valence-corrected chi connectivity index (χ2v) is 5.88. The highest BCUT2D eigenvalue weighted by atomic mass is 19.4. The van der Waals surface area contributed by atoms with Gasteiger partial charge in [0.25, 0.3) is 0 Å². The van der Waals surface area contributed by atoms with Crippen molar-refractivity contribution in [1.82, 2.24) is 10.2 Å². The van der Waals surface area contributed by atoms with Gasteiger partial charge >= 0.3 is 12.1 Å². The largest absolute Gasteiger partial charge is 0.479 e. The van der Waals surface area contributed by atoms with Gasteiger partial charge in [0, 0.05) is 6.54 Å². The van der Waals surface area contributed by atoms with Gasteiger partial charge in [0.2, 0.25) is 5.91 Å². The Labute approximate surface area is 137 Å². The van der Waals surface area contributed by atoms with Crippen LogP contribution in [0.2, 0.25) is 0 Å². The Bertz CT molecular complexity index is 578. The number of nitrogens with zero attached hydrogens (tertiary/aromatic N) is 1. The Balaban J connectivity index is 2.01. The van der Waals surface area contributed by atoms with Crippen molar-refractivity contribution >= 4 is 11.9 Å². The van der Waals surface area contributed by atoms with Gasteiger partial charge in [0.15, 0.2) is 6.04 Å². The molecule has 132 valence electrons. The molecule has 0 spiro atoms. The van der Waals surface area contributed by atoms with Crippen LogP contribution in [0.15, 0.2) is 30.3 Å². The third kappa shape index (κ3) is 5.23. The van der Waals surface area contributed by atoms with E-state index >= 15 is 0 Å². The summed E-state index contributed by atoms with van der Waals surface area (Å²) >= 11 is 0. The summed E-state index contributed by atoms with van der Waals surface area (Å²) in [6.45, 7) is -0.797. The van der Waals surface area contributed by atoms with E-state index in [4.69, 9.17) is 0 Å². The summed E-state index contributed by atoms with van der Waals surface area (Å²) < 4.78 is 37.5. The quantitative estimate of drug-likeness (QED) is 0.859. The molecule has 0 aliphatic carbocycles. The van der Waals surface area contributed by atoms with Crippen LogP contribution in [0, 0.1) is 5.92 Å². The van der Waals surface area contributed by atoms with Gasteiger partial charge in [-0.2, -0.15) is 13.2 Å². The number of piperidine rings is 1. The van der Waals surface area contributed by atoms with E-state index in [9.17, 15) is 27.9 Å². The fraction of sp³-hybridized carbons (Fsp3) is 0.500. The van der Waals surface area contributed by atoms with E-state index in [1.54, 1.807) is 30.3 Å². The summed E-state index contributed by atoms with van der Waals surface area (Å²) in [5.41, 5.74) is 0.418. The van der Waals surface area contributed by atoms with Gasteiger partial charge in [0.05, 0.1) is 12.5 Å². The molecular weight excluding hydrogens is 325 g/mol. The molecule has 5 nitrogen and oxygen atoms in total. The number of hydrogen-bond donors (Lipinski definition) is 2. The van der Waals surface area contributed by atoms with E-state index in [-0.39, 0.29) is 13.1 Å². The van der Waals surface area contributed by atoms with Gasteiger partial charge in [-0.25, -0.2) is 4.79 Å². The van der Waals surface area contributed by atoms with E-state index in [0.29, 0.717) is 18.4 Å². The third-order valence-corrected chi connectivity index (χ3v) is 3.95. The number of aliphatic carboxylic acids is 1. The molecule has 24 heavy (non-hydrogen) atoms. The van der Waals surface area contributed by atoms with Gasteiger partial charge in [-0.15, -0.1) is 0 Å². The summed E-state index contributed by atoms with van der Waals surface area (Å²) in [5.74, 6) is -2.39. The number of nitrogens with one attached hydrogen (secondary N) is 1. The van der Waals surface area contributed by atoms with Crippen molar-refractivity contribution in [3.05, 3.63) is 35.9 Å². The van der Waals surface area contributed by atoms with Crippen LogP contribution in [-0.2, 0) is 9.59 Å². The Hall–Kier alpha value is -2.09. The number of carbonyl (C=O) groups is 2. The Kier molecular flexibility index (Phi) is 5.82. The molecule has 1 heterocycles. The number of carbonyl (C=O) groups excluding carboxylic acids is 1. The second kappa shape index (κ2) is 7.65. The fourth-order valence-corrected chi connectivity index (χ4v) is 2.86. The first-order chi connectivity index (χ1) is 11.3. The molecule has 1 unspecified atom stereocenters. The number of amides is 1. The average molecular weight is 344 g/mol. The van der Waals surface area contributed by atoms with Gasteiger partial charge < -0.3 is 10.4 Å². The minimum absolute atomic E-state index is 0.0214. The molecule has 1 aliphatic heterocycles. The number of benzene rings is 1. The third-order valence-electron chi connectivity index (χ3n) is 3.95. The van der Waals surface area contributed by atoms with E-state index in [1.807, 2.05) is 0 Å². The van der Waals surface area contributed by atoms with Crippen LogP contribution in [0.1, 0.15) is 24.4 Å². The van der Waals surface area contributed by atoms with E-state index in [1.165, 1.54) is 4.90 Å². The predicted molar refractivity (Wildman–Crippen MR) is 80.2 cm³/mol. The van der Waals surface area contributed by atoms with E-state index in [2.05, 4.69) is 5.32 Å². The van der Waals surface area contributed by atoms with Crippen LogP contribution in [0.25, 0.3) is 0 Å². The van der Waals surface area contributed by atoms with Crippen LogP contribution in [0.3, 0.4) is 0 Å². The highest BCUT2D eigenvalue weighted by Crippen LogP contribution is 2.23. The lowest BCUT2D eigenvalue weighted by Gasteiger charge is -2.32. The lowest BCUT2D eigenvalue weighted by molar-refractivity contribution is -0.152. The van der Waals surface area contributed by atoms with Crippen LogP contribution in [0.5, 0.6) is 0 Å². The zero-order chi connectivity index (χ0) is 17.7. The molecular formula is C16H19F3N2O3. The van der Waals surface area contributed by atoms with E-state index in [0.717, 1.165) is 0 Å². The Morgan fingerprint density at radius 3 is 2.54 bits per heavy atom. The minimum atomic E-state index is -4.31. The molecule has 8 heteroatoms. The first kappa shape index (κ1) is 18.3. The lowest BCUT2D eigenvalue weighted by atomic mass is 9.96. The molecule has 1 aromatic carbocycles. The van der Waals surface area contributed by atoms with Gasteiger partial charge in [-0.1, -0.05) is 30.3 Å². The number of hydrogen-bond acceptors (Lipinski definition) is 3. The average Bonchev–Trinajstić information content (AvgIpc) is 2.51. The highest BCUT2D eigenvalue weighted by Gasteiger charge is 2.35. The minimum Gasteiger partial charge on any atom is -0.479 e. The molecule has 0 bridgehead atoms. The zero-order valence-corrected chi connectivity index (χ0v) is 12.9. The van der Waals surface area contributed by atoms with Crippen LogP contribution in [-0.4, -0.2) is 47.7 Å². The normalized spacial score (nSPS) is 20.4. The monoisotopic (exact) mass is 344 g/mol. The smallest absolute Gasteiger partial charge is 0.401 e. The van der Waals surface area contributed by atoms with Crippen molar-refractivity contribution in [1.29, 1.82) is 0 Å². The molecule has 0 aromatic heterocycles. The van der Waals surface area contributed by atoms with Crippen molar-refractivity contribution in [2.45, 2.75) is 25.1 Å². The van der Waals surface area contributed by atoms with Crippen LogP contribution < -0.4 is 5.32 Å². The van der Waals surface area contributed by atoms with Crippen LogP contribution in [0.4, 0.5) is 13.2 Å². The number of carboxylic acids is 1. The number of rotatable bonds is 5. The molecule has 2 N–H and O–H groups in total. The summed E-state index contributed by atoms with van der Waals surface area (Å²) in [6.07, 6.45) is -3.40. The first-order valence-electron chi connectivity index (χ1n) is 7.63. The molecule has 1 amide bonds. The molecule has 0 saturated carbocycles. The summed E-state index contributed by atoms with van der Waals surface area (Å²) in [6, 6.07) is 6.98. The second-order valence-electron chi connectivity index (χ2n) is 5.88. The molecule has 2 atom stereocenters. The summed E-state index contributed by atoms with van der Waals surface area (Å²) in [4.78, 5) is 24.9. The molecule has 2 rings (SSSR count). The molecule has 1 aromatic rings. The standard InChI is InChI=1S/C16H19F3N2O3/c17-16(18,19)10-21-8-4-7-12(9-21)14(22)20-13(15(23)24)11-5-2-1-3-6-11/h1-3,5-6,12-13H,4,7-10H2,(H,20,22)(H,23,24)/t12?,13-/m0/s1. The highest BCUT2D eigenvalue weighted by molar-refractivity contribution is 5.86. The van der Waals surface area contributed by atoms with Crippen LogP contribution >= 0.6 is 0 Å². The summed E-state index contributed by atoms with van der Waals surface area (Å²) in [5, 5.41) is 11.7. The van der Waals surface area contributed by atoms with Crippen molar-refractivity contribution in [2.75, 3.05) is 19.6 Å². The molecule has 0 radical (unpaired) electrons. The molecule has 1 fully saturated rings. The zero-order valence-electron chi connectivity index (χ0n) is 12.9. The van der Waals surface area contributed by atoms with Crippen molar-refractivity contribution < 1.29 is 27.9 Å². The number of halogens is 3. The number of carboxylic acid groups (broad SMARTS) is 1.